The number of nitrogens with zero attached hydrogens (tertiary/aromatic N) is 1. The molecule has 4 rings (SSSR count). The van der Waals surface area contributed by atoms with E-state index in [1.807, 2.05) is 13.8 Å². The van der Waals surface area contributed by atoms with Crippen molar-refractivity contribution in [1.29, 1.82) is 0 Å². The molecule has 2 fully saturated rings. The first-order valence-electron chi connectivity index (χ1n) is 22.9. The fraction of sp³-hybridized carbons (Fsp3) is 0.575. The highest BCUT2D eigenvalue weighted by molar-refractivity contribution is 5.98. The van der Waals surface area contributed by atoms with Gasteiger partial charge in [-0.15, -0.1) is 0 Å². The maximum absolute atomic E-state index is 14.5. The molecule has 2 aromatic rings. The second-order valence-electron chi connectivity index (χ2n) is 13.7. The monoisotopic (exact) mass is 730 g/mol. The average molecular weight is 731 g/mol. The Morgan fingerprint density at radius 2 is 1.37 bits per heavy atom. The van der Waals surface area contributed by atoms with Crippen LogP contribution in [0.15, 0.2) is 60.7 Å². The molecule has 0 saturated carbocycles. The summed E-state index contributed by atoms with van der Waals surface area (Å²) in [5, 5.41) is 10.1. The number of ether oxygens (including phenoxy) is 2. The number of aryl methyl sites for hydroxylation is 1. The van der Waals surface area contributed by atoms with E-state index in [2.05, 4.69) is 21.3 Å². The summed E-state index contributed by atoms with van der Waals surface area (Å²) in [5.41, 5.74) is 0.168. The first-order chi connectivity index (χ1) is 29.0. The number of nitrogens with one attached hydrogen (secondary N) is 4. The fourth-order valence-corrected chi connectivity index (χ4v) is 5.74. The molecular formula is C40H57N5O7. The lowest BCUT2D eigenvalue weighted by Gasteiger charge is -2.29. The van der Waals surface area contributed by atoms with Crippen molar-refractivity contribution in [2.45, 2.75) is 96.3 Å². The van der Waals surface area contributed by atoms with Gasteiger partial charge >= 0.3 is 0 Å². The molecule has 0 spiro atoms. The molecule has 12 heteroatoms. The van der Waals surface area contributed by atoms with Gasteiger partial charge in [0.1, 0.15) is 23.7 Å². The van der Waals surface area contributed by atoms with Gasteiger partial charge in [0.15, 0.2) is 5.78 Å². The molecule has 0 aliphatic carbocycles. The van der Waals surface area contributed by atoms with Gasteiger partial charge in [-0.2, -0.15) is 0 Å². The second-order valence-corrected chi connectivity index (χ2v) is 13.7. The zero-order valence-corrected chi connectivity index (χ0v) is 29.8. The van der Waals surface area contributed by atoms with Crippen molar-refractivity contribution in [2.75, 3.05) is 39.4 Å². The van der Waals surface area contributed by atoms with Crippen LogP contribution in [0, 0.1) is 11.8 Å². The van der Waals surface area contributed by atoms with Crippen molar-refractivity contribution >= 4 is 29.4 Å². The number of carbonyl (C=O) groups is 5. The van der Waals surface area contributed by atoms with Crippen LogP contribution in [0.4, 0.5) is 0 Å². The molecule has 0 bridgehead atoms. The molecule has 52 heavy (non-hydrogen) atoms. The first-order valence-corrected chi connectivity index (χ1v) is 17.4. The van der Waals surface area contributed by atoms with Gasteiger partial charge in [-0.1, -0.05) is 88.2 Å². The van der Waals surface area contributed by atoms with E-state index in [0.717, 1.165) is 10.5 Å². The molecule has 284 valence electrons. The molecule has 2 heterocycles. The molecular weight excluding hydrogens is 662 g/mol. The Kier molecular flexibility index (Phi) is 10.4. The van der Waals surface area contributed by atoms with Gasteiger partial charge < -0.3 is 30.7 Å². The van der Waals surface area contributed by atoms with E-state index in [1.165, 1.54) is 0 Å². The van der Waals surface area contributed by atoms with Crippen LogP contribution >= 0.6 is 0 Å². The van der Waals surface area contributed by atoms with E-state index < -0.39 is 112 Å². The Balaban J connectivity index is 1.69. The Labute approximate surface area is 323 Å². The molecule has 2 aliphatic heterocycles. The van der Waals surface area contributed by atoms with E-state index in [0.29, 0.717) is 5.56 Å². The largest absolute Gasteiger partial charge is 0.379 e. The van der Waals surface area contributed by atoms with Gasteiger partial charge in [0, 0.05) is 29.1 Å². The van der Waals surface area contributed by atoms with Crippen LogP contribution in [0.25, 0.3) is 0 Å². The van der Waals surface area contributed by atoms with Gasteiger partial charge in [0.25, 0.3) is 0 Å². The lowest BCUT2D eigenvalue weighted by molar-refractivity contribution is -0.135. The number of morpholine rings is 1. The smallest absolute Gasteiger partial charge is 0.243 e. The molecule has 0 unspecified atom stereocenters. The highest BCUT2D eigenvalue weighted by Crippen LogP contribution is 2.29. The number of carbonyl (C=O) groups excluding carboxylic acids is 5. The average Bonchev–Trinajstić information content (AvgIpc) is 3.91. The maximum atomic E-state index is 14.5. The van der Waals surface area contributed by atoms with E-state index in [4.69, 9.17) is 24.6 Å². The van der Waals surface area contributed by atoms with Gasteiger partial charge in [-0.05, 0) is 55.5 Å². The molecule has 2 aliphatic rings. The standard InChI is InChI=1S/C40H57N5O7/c1-27(2)22-32(36(47)40(5)26-52-40)42-39(50)34(24-30-14-10-7-11-15-30)44-38(49)33(23-28(3)4)43-37(48)31(17-16-29-12-8-6-9-13-29)41-35(46)25-45-18-20-51-21-19-45/h6-15,27-28,31-34H,16-26H2,1-5H3,(H,41,46)(H,42,50)(H,43,48)(H,44,49)/t31-,32-,33-,34-,40+/m0/s1/i3D3,4D3,20D2,21D2,28D. The third-order valence-electron chi connectivity index (χ3n) is 8.70. The van der Waals surface area contributed by atoms with Crippen LogP contribution < -0.4 is 21.3 Å². The zero-order chi connectivity index (χ0) is 47.2. The minimum absolute atomic E-state index is 0.0645. The zero-order valence-electron chi connectivity index (χ0n) is 40.8. The molecule has 12 nitrogen and oxygen atoms in total. The number of rotatable bonds is 20. The highest BCUT2D eigenvalue weighted by Gasteiger charge is 2.50. The summed E-state index contributed by atoms with van der Waals surface area (Å²) in [6.07, 6.45) is -1.22. The van der Waals surface area contributed by atoms with Crippen LogP contribution in [0.2, 0.25) is 0 Å². The summed E-state index contributed by atoms with van der Waals surface area (Å²) >= 11 is 0. The Morgan fingerprint density at radius 3 is 1.96 bits per heavy atom. The van der Waals surface area contributed by atoms with Crippen LogP contribution in [-0.2, 0) is 46.3 Å². The summed E-state index contributed by atoms with van der Waals surface area (Å²) in [6, 6.07) is 11.0. The minimum Gasteiger partial charge on any atom is -0.379 e. The van der Waals surface area contributed by atoms with Gasteiger partial charge in [0.05, 0.1) is 37.8 Å². The van der Waals surface area contributed by atoms with Crippen molar-refractivity contribution in [2.24, 2.45) is 11.8 Å². The fourth-order valence-electron chi connectivity index (χ4n) is 5.74. The Bertz CT molecular complexity index is 1890. The lowest BCUT2D eigenvalue weighted by Crippen LogP contribution is -2.59. The van der Waals surface area contributed by atoms with Gasteiger partial charge in [-0.3, -0.25) is 28.9 Å². The van der Waals surface area contributed by atoms with Gasteiger partial charge in [0.2, 0.25) is 23.6 Å². The Morgan fingerprint density at radius 1 is 0.808 bits per heavy atom. The first kappa shape index (κ1) is 27.5. The topological polar surface area (TPSA) is 158 Å². The normalized spacial score (nSPS) is 25.3. The van der Waals surface area contributed by atoms with Crippen molar-refractivity contribution < 1.29 is 48.5 Å². The van der Waals surface area contributed by atoms with Crippen LogP contribution in [0.3, 0.4) is 0 Å². The number of epoxide rings is 1. The number of amides is 4. The van der Waals surface area contributed by atoms with Crippen molar-refractivity contribution in [3.63, 3.8) is 0 Å². The molecule has 0 radical (unpaired) electrons. The SMILES string of the molecule is [2H]C1([2H])CN(CC(=O)N[C@@H](CCc2ccccc2)C(=O)N[C@@H](CC([2H])(C([2H])([2H])[2H])C([2H])([2H])[2H])C(=O)N[C@@H](Cc2ccccc2)C(=O)N[C@@H](CC(C)C)C(=O)[C@@]2(C)CO2)CC([2H])([2H])O1. The minimum atomic E-state index is -3.54. The quantitative estimate of drug-likeness (QED) is 0.152. The maximum Gasteiger partial charge on any atom is 0.243 e. The summed E-state index contributed by atoms with van der Waals surface area (Å²) in [5.74, 6) is -7.80. The number of ketones is 1. The molecule has 2 aromatic carbocycles. The summed E-state index contributed by atoms with van der Waals surface area (Å²) in [6.45, 7) is -8.12. The lowest BCUT2D eigenvalue weighted by atomic mass is 9.93. The van der Waals surface area contributed by atoms with Crippen LogP contribution in [0.1, 0.15) is 79.9 Å². The van der Waals surface area contributed by atoms with Crippen molar-refractivity contribution in [3.8, 4) is 0 Å². The number of Topliss-reactive ketones (excluding diaryl/α,β-unsaturated/α-hetero) is 1. The summed E-state index contributed by atoms with van der Waals surface area (Å²) in [4.78, 5) is 71.0. The molecule has 2 saturated heterocycles. The highest BCUT2D eigenvalue weighted by atomic mass is 16.6. The number of benzene rings is 2. The van der Waals surface area contributed by atoms with Crippen molar-refractivity contribution in [1.82, 2.24) is 26.2 Å². The second kappa shape index (κ2) is 19.6. The number of hydrogen-bond donors (Lipinski definition) is 4. The van der Waals surface area contributed by atoms with Crippen molar-refractivity contribution in [3.05, 3.63) is 71.8 Å². The van der Waals surface area contributed by atoms with E-state index in [-0.39, 0.29) is 44.0 Å². The Hall–Kier alpha value is -4.13. The molecule has 4 amide bonds. The van der Waals surface area contributed by atoms with E-state index in [9.17, 15) is 24.0 Å². The number of hydrogen-bond acceptors (Lipinski definition) is 8. The third kappa shape index (κ3) is 13.1. The summed E-state index contributed by atoms with van der Waals surface area (Å²) in [7, 11) is 0. The predicted octanol–water partition coefficient (Wildman–Crippen LogP) is 2.58. The van der Waals surface area contributed by atoms with Gasteiger partial charge in [-0.25, -0.2) is 0 Å². The van der Waals surface area contributed by atoms with E-state index >= 15 is 0 Å². The van der Waals surface area contributed by atoms with Crippen LogP contribution in [0.5, 0.6) is 0 Å². The molecule has 0 aromatic heterocycles. The summed E-state index contributed by atoms with van der Waals surface area (Å²) < 4.78 is 99.1. The predicted molar refractivity (Wildman–Crippen MR) is 198 cm³/mol. The van der Waals surface area contributed by atoms with E-state index in [1.54, 1.807) is 67.6 Å². The molecule has 5 atom stereocenters. The van der Waals surface area contributed by atoms with Crippen LogP contribution in [-0.4, -0.2) is 103 Å². The molecule has 4 N–H and O–H groups in total. The third-order valence-corrected chi connectivity index (χ3v) is 8.70.